The topological polar surface area (TPSA) is 74.2 Å². The van der Waals surface area contributed by atoms with Gasteiger partial charge in [0.15, 0.2) is 5.96 Å². The van der Waals surface area contributed by atoms with Crippen molar-refractivity contribution in [3.63, 3.8) is 0 Å². The first kappa shape index (κ1) is 21.9. The second-order valence-corrected chi connectivity index (χ2v) is 8.33. The van der Waals surface area contributed by atoms with Crippen molar-refractivity contribution in [1.82, 2.24) is 14.5 Å². The molecule has 1 N–H and O–H groups in total. The van der Waals surface area contributed by atoms with Crippen molar-refractivity contribution in [1.29, 1.82) is 0 Å². The van der Waals surface area contributed by atoms with E-state index in [1.54, 1.807) is 4.31 Å². The Hall–Kier alpha value is -0.130. The Morgan fingerprint density at radius 3 is 2.75 bits per heavy atom. The predicted octanol–water partition coefficient (Wildman–Crippen LogP) is 0.964. The Kier molecular flexibility index (Phi) is 9.83. The van der Waals surface area contributed by atoms with Crippen molar-refractivity contribution < 1.29 is 13.2 Å². The Morgan fingerprint density at radius 1 is 1.42 bits per heavy atom. The van der Waals surface area contributed by atoms with Crippen molar-refractivity contribution in [2.75, 3.05) is 58.7 Å². The summed E-state index contributed by atoms with van der Waals surface area (Å²) in [5.41, 5.74) is 0. The number of guanidine groups is 1. The van der Waals surface area contributed by atoms with Crippen LogP contribution in [0.1, 0.15) is 26.2 Å². The Balaban J connectivity index is 0.00000288. The van der Waals surface area contributed by atoms with Crippen molar-refractivity contribution in [3.8, 4) is 0 Å². The fourth-order valence-electron chi connectivity index (χ4n) is 2.52. The lowest BCUT2D eigenvalue weighted by Crippen LogP contribution is -2.41. The summed E-state index contributed by atoms with van der Waals surface area (Å²) in [6.07, 6.45) is 3.34. The molecule has 0 radical (unpaired) electrons. The van der Waals surface area contributed by atoms with Gasteiger partial charge in [0.2, 0.25) is 10.0 Å². The van der Waals surface area contributed by atoms with Gasteiger partial charge in [-0.3, -0.25) is 4.99 Å². The zero-order valence-electron chi connectivity index (χ0n) is 14.7. The van der Waals surface area contributed by atoms with Crippen LogP contribution in [0.4, 0.5) is 0 Å². The van der Waals surface area contributed by atoms with Gasteiger partial charge in [0.05, 0.1) is 18.9 Å². The van der Waals surface area contributed by atoms with E-state index in [0.717, 1.165) is 38.0 Å². The zero-order chi connectivity index (χ0) is 16.7. The number of nitrogens with one attached hydrogen (secondary N) is 1. The molecular weight excluding hydrogens is 443 g/mol. The third kappa shape index (κ3) is 7.40. The number of halogens is 1. The summed E-state index contributed by atoms with van der Waals surface area (Å²) in [4.78, 5) is 6.57. The molecular formula is C15H31IN4O3S. The van der Waals surface area contributed by atoms with Crippen molar-refractivity contribution in [2.24, 2.45) is 10.9 Å². The first-order chi connectivity index (χ1) is 11.0. The molecule has 1 aliphatic heterocycles. The second kappa shape index (κ2) is 10.8. The van der Waals surface area contributed by atoms with E-state index in [1.807, 2.05) is 18.9 Å². The average molecular weight is 474 g/mol. The highest BCUT2D eigenvalue weighted by atomic mass is 127. The van der Waals surface area contributed by atoms with Gasteiger partial charge in [-0.15, -0.1) is 24.0 Å². The highest BCUT2D eigenvalue weighted by Crippen LogP contribution is 2.28. The van der Waals surface area contributed by atoms with E-state index >= 15 is 0 Å². The fourth-order valence-corrected chi connectivity index (χ4v) is 4.04. The molecule has 1 saturated heterocycles. The molecule has 0 aromatic rings. The lowest BCUT2D eigenvalue weighted by molar-refractivity contribution is 0.115. The van der Waals surface area contributed by atoms with Crippen LogP contribution in [0.5, 0.6) is 0 Å². The van der Waals surface area contributed by atoms with E-state index in [0.29, 0.717) is 26.2 Å². The molecule has 0 bridgehead atoms. The van der Waals surface area contributed by atoms with Crippen LogP contribution in [0.3, 0.4) is 0 Å². The van der Waals surface area contributed by atoms with Crippen LogP contribution in [0.25, 0.3) is 0 Å². The Bertz CT molecular complexity index is 497. The lowest BCUT2D eigenvalue weighted by atomic mass is 10.4. The molecule has 1 heterocycles. The minimum Gasteiger partial charge on any atom is -0.379 e. The Labute approximate surface area is 163 Å². The van der Waals surface area contributed by atoms with E-state index in [9.17, 15) is 8.42 Å². The van der Waals surface area contributed by atoms with Crippen LogP contribution in [-0.2, 0) is 14.8 Å². The van der Waals surface area contributed by atoms with E-state index in [-0.39, 0.29) is 29.7 Å². The fraction of sp³-hybridized carbons (Fsp3) is 0.933. The van der Waals surface area contributed by atoms with Crippen LogP contribution < -0.4 is 5.32 Å². The maximum Gasteiger partial charge on any atom is 0.214 e. The molecule has 2 fully saturated rings. The predicted molar refractivity (Wildman–Crippen MR) is 108 cm³/mol. The van der Waals surface area contributed by atoms with Gasteiger partial charge in [-0.1, -0.05) is 0 Å². The minimum absolute atomic E-state index is 0. The molecule has 1 saturated carbocycles. The molecule has 1 aliphatic carbocycles. The van der Waals surface area contributed by atoms with Gasteiger partial charge in [0.1, 0.15) is 0 Å². The minimum atomic E-state index is -3.03. The molecule has 0 spiro atoms. The van der Waals surface area contributed by atoms with Crippen LogP contribution in [0, 0.1) is 5.92 Å². The first-order valence-electron chi connectivity index (χ1n) is 8.58. The summed E-state index contributed by atoms with van der Waals surface area (Å²) in [6, 6.07) is 0. The number of hydrogen-bond acceptors (Lipinski definition) is 4. The number of ether oxygens (including phenoxy) is 1. The summed E-state index contributed by atoms with van der Waals surface area (Å²) < 4.78 is 30.7. The molecule has 7 nitrogen and oxygen atoms in total. The van der Waals surface area contributed by atoms with Gasteiger partial charge in [-0.25, -0.2) is 12.7 Å². The SMILES string of the molecule is CCNC(=NCCN1CCCS1(=O)=O)N(C)CCOCC1CC1.I. The quantitative estimate of drug-likeness (QED) is 0.233. The van der Waals surface area contributed by atoms with E-state index in [2.05, 4.69) is 10.3 Å². The molecule has 0 aromatic heterocycles. The highest BCUT2D eigenvalue weighted by Gasteiger charge is 2.27. The van der Waals surface area contributed by atoms with Gasteiger partial charge in [-0.05, 0) is 32.1 Å². The van der Waals surface area contributed by atoms with Crippen molar-refractivity contribution in [3.05, 3.63) is 0 Å². The van der Waals surface area contributed by atoms with Crippen molar-refractivity contribution >= 4 is 40.0 Å². The van der Waals surface area contributed by atoms with Gasteiger partial charge in [0, 0.05) is 39.8 Å². The molecule has 0 amide bonds. The summed E-state index contributed by atoms with van der Waals surface area (Å²) in [7, 11) is -1.05. The maximum atomic E-state index is 11.8. The van der Waals surface area contributed by atoms with Crippen LogP contribution in [0.2, 0.25) is 0 Å². The molecule has 2 aliphatic rings. The number of rotatable bonds is 9. The van der Waals surface area contributed by atoms with Crippen LogP contribution >= 0.6 is 24.0 Å². The van der Waals surface area contributed by atoms with Crippen molar-refractivity contribution in [2.45, 2.75) is 26.2 Å². The van der Waals surface area contributed by atoms with Crippen LogP contribution in [0.15, 0.2) is 4.99 Å². The summed E-state index contributed by atoms with van der Waals surface area (Å²) in [6.45, 7) is 6.72. The number of sulfonamides is 1. The van der Waals surface area contributed by atoms with Gasteiger partial charge in [0.25, 0.3) is 0 Å². The Morgan fingerprint density at radius 2 is 2.17 bits per heavy atom. The average Bonchev–Trinajstić information content (AvgIpc) is 3.27. The third-order valence-corrected chi connectivity index (χ3v) is 6.09. The van der Waals surface area contributed by atoms with Gasteiger partial charge >= 0.3 is 0 Å². The molecule has 142 valence electrons. The third-order valence-electron chi connectivity index (χ3n) is 4.13. The van der Waals surface area contributed by atoms with E-state index in [4.69, 9.17) is 4.74 Å². The smallest absolute Gasteiger partial charge is 0.214 e. The lowest BCUT2D eigenvalue weighted by Gasteiger charge is -2.22. The van der Waals surface area contributed by atoms with E-state index < -0.39 is 10.0 Å². The zero-order valence-corrected chi connectivity index (χ0v) is 17.9. The summed E-state index contributed by atoms with van der Waals surface area (Å²) >= 11 is 0. The molecule has 24 heavy (non-hydrogen) atoms. The van der Waals surface area contributed by atoms with E-state index in [1.165, 1.54) is 12.8 Å². The summed E-state index contributed by atoms with van der Waals surface area (Å²) in [5.74, 6) is 1.86. The molecule has 0 aromatic carbocycles. The largest absolute Gasteiger partial charge is 0.379 e. The normalized spacial score (nSPS) is 20.7. The maximum absolute atomic E-state index is 11.8. The highest BCUT2D eigenvalue weighted by molar-refractivity contribution is 14.0. The number of nitrogens with zero attached hydrogens (tertiary/aromatic N) is 3. The molecule has 0 unspecified atom stereocenters. The van der Waals surface area contributed by atoms with Crippen LogP contribution in [-0.4, -0.2) is 82.3 Å². The first-order valence-corrected chi connectivity index (χ1v) is 10.2. The summed E-state index contributed by atoms with van der Waals surface area (Å²) in [5, 5.41) is 3.24. The number of likely N-dealkylation sites (N-methyl/N-ethyl adjacent to an activating group) is 1. The number of hydrogen-bond donors (Lipinski definition) is 1. The monoisotopic (exact) mass is 474 g/mol. The van der Waals surface area contributed by atoms with Gasteiger partial charge < -0.3 is 15.0 Å². The molecule has 9 heteroatoms. The second-order valence-electron chi connectivity index (χ2n) is 6.24. The standard InChI is InChI=1S/C15H30N4O3S.HI/c1-3-16-15(18(2)10-11-22-13-14-5-6-14)17-7-9-19-8-4-12-23(19,20)21;/h14H,3-13H2,1-2H3,(H,16,17);1H. The van der Waals surface area contributed by atoms with Gasteiger partial charge in [-0.2, -0.15) is 0 Å². The number of aliphatic imine (C=N–C) groups is 1. The molecule has 0 atom stereocenters. The molecule has 2 rings (SSSR count).